The summed E-state index contributed by atoms with van der Waals surface area (Å²) >= 11 is 0. The van der Waals surface area contributed by atoms with Crippen molar-refractivity contribution < 1.29 is 31.9 Å². The number of likely N-dealkylation sites (tertiary alicyclic amines) is 1. The number of piperidine rings is 1. The average Bonchev–Trinajstić information content (AvgIpc) is 2.89. The lowest BCUT2D eigenvalue weighted by Crippen LogP contribution is -2.41. The highest BCUT2D eigenvalue weighted by atomic mass is 19.4. The van der Waals surface area contributed by atoms with Crippen LogP contribution < -0.4 is 10.6 Å². The number of carbonyl (C=O) groups is 1. The first-order valence-electron chi connectivity index (χ1n) is 12.1. The van der Waals surface area contributed by atoms with Crippen LogP contribution in [0.25, 0.3) is 0 Å². The highest BCUT2D eigenvalue weighted by Gasteiger charge is 2.35. The van der Waals surface area contributed by atoms with Gasteiger partial charge in [-0.05, 0) is 44.9 Å². The van der Waals surface area contributed by atoms with Gasteiger partial charge in [-0.25, -0.2) is 33.5 Å². The third-order valence-electron chi connectivity index (χ3n) is 6.42. The van der Waals surface area contributed by atoms with Crippen molar-refractivity contribution in [1.82, 2.24) is 24.8 Å². The lowest BCUT2D eigenvalue weighted by atomic mass is 9.85. The standard InChI is InChI=1S/C25H26F5N7O2/c1-14-32-12-16(24(2,39)13-33-22-31-9-6-19(35-22)25(28,29)30)20(34-14)15-7-10-37(11-8-15)23(38)36-21-17(26)4-3-5-18(21)27/h3-6,9,12,15,39H,7-8,10-11,13H2,1-2H3,(H,36,38)(H,31,33,35). The zero-order chi connectivity index (χ0) is 28.4. The summed E-state index contributed by atoms with van der Waals surface area (Å²) in [6.45, 7) is 3.43. The monoisotopic (exact) mass is 551 g/mol. The molecule has 1 unspecified atom stereocenters. The Bertz CT molecular complexity index is 1320. The van der Waals surface area contributed by atoms with E-state index in [0.717, 1.165) is 24.4 Å². The van der Waals surface area contributed by atoms with Gasteiger partial charge < -0.3 is 20.6 Å². The number of rotatable bonds is 6. The molecule has 0 aliphatic carbocycles. The van der Waals surface area contributed by atoms with Gasteiger partial charge in [0, 0.05) is 37.0 Å². The molecule has 0 saturated carbocycles. The van der Waals surface area contributed by atoms with E-state index in [0.29, 0.717) is 29.9 Å². The van der Waals surface area contributed by atoms with Crippen molar-refractivity contribution in [2.75, 3.05) is 30.3 Å². The van der Waals surface area contributed by atoms with Gasteiger partial charge in [0.2, 0.25) is 5.95 Å². The number of nitrogens with zero attached hydrogens (tertiary/aromatic N) is 5. The molecular formula is C25H26F5N7O2. The molecule has 14 heteroatoms. The smallest absolute Gasteiger partial charge is 0.383 e. The van der Waals surface area contributed by atoms with E-state index in [1.807, 2.05) is 0 Å². The molecule has 1 aliphatic rings. The molecule has 1 fully saturated rings. The van der Waals surface area contributed by atoms with Crippen molar-refractivity contribution in [1.29, 1.82) is 0 Å². The molecule has 4 rings (SSSR count). The average molecular weight is 552 g/mol. The van der Waals surface area contributed by atoms with E-state index in [-0.39, 0.29) is 31.5 Å². The van der Waals surface area contributed by atoms with E-state index in [1.165, 1.54) is 24.1 Å². The van der Waals surface area contributed by atoms with Crippen LogP contribution in [-0.2, 0) is 11.8 Å². The van der Waals surface area contributed by atoms with Crippen LogP contribution in [-0.4, -0.2) is 55.6 Å². The van der Waals surface area contributed by atoms with Gasteiger partial charge in [0.15, 0.2) is 0 Å². The number of aromatic nitrogens is 4. The van der Waals surface area contributed by atoms with Gasteiger partial charge in [-0.15, -0.1) is 0 Å². The number of para-hydroxylation sites is 1. The van der Waals surface area contributed by atoms with Gasteiger partial charge in [-0.2, -0.15) is 13.2 Å². The van der Waals surface area contributed by atoms with E-state index in [1.54, 1.807) is 6.92 Å². The van der Waals surface area contributed by atoms with E-state index in [9.17, 15) is 31.9 Å². The van der Waals surface area contributed by atoms with Crippen molar-refractivity contribution in [3.63, 3.8) is 0 Å². The number of hydrogen-bond donors (Lipinski definition) is 3. The Morgan fingerprint density at radius 3 is 2.41 bits per heavy atom. The predicted octanol–water partition coefficient (Wildman–Crippen LogP) is 4.60. The number of amides is 2. The normalized spacial score (nSPS) is 16.1. The zero-order valence-corrected chi connectivity index (χ0v) is 21.1. The number of halogens is 5. The lowest BCUT2D eigenvalue weighted by Gasteiger charge is -2.34. The fourth-order valence-electron chi connectivity index (χ4n) is 4.32. The van der Waals surface area contributed by atoms with Crippen molar-refractivity contribution in [3.05, 3.63) is 71.1 Å². The maximum Gasteiger partial charge on any atom is 0.433 e. The van der Waals surface area contributed by atoms with Crippen LogP contribution in [0.3, 0.4) is 0 Å². The summed E-state index contributed by atoms with van der Waals surface area (Å²) in [6.07, 6.45) is -1.33. The second kappa shape index (κ2) is 11.0. The second-order valence-corrected chi connectivity index (χ2v) is 9.39. The quantitative estimate of drug-likeness (QED) is 0.384. The molecule has 1 atom stereocenters. The summed E-state index contributed by atoms with van der Waals surface area (Å²) in [5, 5.41) is 16.2. The number of urea groups is 1. The maximum atomic E-state index is 13.9. The van der Waals surface area contributed by atoms with Gasteiger partial charge in [-0.3, -0.25) is 0 Å². The van der Waals surface area contributed by atoms with Crippen LogP contribution in [0.5, 0.6) is 0 Å². The van der Waals surface area contributed by atoms with E-state index >= 15 is 0 Å². The van der Waals surface area contributed by atoms with Crippen LogP contribution in [0.15, 0.2) is 36.7 Å². The summed E-state index contributed by atoms with van der Waals surface area (Å²) < 4.78 is 66.8. The van der Waals surface area contributed by atoms with Crippen LogP contribution >= 0.6 is 0 Å². The second-order valence-electron chi connectivity index (χ2n) is 9.39. The molecule has 3 aromatic rings. The van der Waals surface area contributed by atoms with Gasteiger partial charge in [0.1, 0.15) is 34.4 Å². The number of benzene rings is 1. The molecule has 208 valence electrons. The summed E-state index contributed by atoms with van der Waals surface area (Å²) in [4.78, 5) is 30.0. The summed E-state index contributed by atoms with van der Waals surface area (Å²) in [6, 6.07) is 3.39. The van der Waals surface area contributed by atoms with Crippen LogP contribution in [0.2, 0.25) is 0 Å². The first-order chi connectivity index (χ1) is 18.3. The van der Waals surface area contributed by atoms with Crippen LogP contribution in [0, 0.1) is 18.6 Å². The zero-order valence-electron chi connectivity index (χ0n) is 21.1. The molecule has 0 bridgehead atoms. The van der Waals surface area contributed by atoms with E-state index < -0.39 is 40.8 Å². The van der Waals surface area contributed by atoms with Gasteiger partial charge in [0.25, 0.3) is 0 Å². The Labute approximate surface area is 220 Å². The maximum absolute atomic E-state index is 13.9. The highest BCUT2D eigenvalue weighted by Crippen LogP contribution is 2.34. The summed E-state index contributed by atoms with van der Waals surface area (Å²) in [7, 11) is 0. The summed E-state index contributed by atoms with van der Waals surface area (Å²) in [5.41, 5.74) is -2.35. The Balaban J connectivity index is 1.45. The van der Waals surface area contributed by atoms with Crippen molar-refractivity contribution in [2.24, 2.45) is 0 Å². The molecule has 9 nitrogen and oxygen atoms in total. The minimum absolute atomic E-state index is 0.188. The number of anilines is 2. The summed E-state index contributed by atoms with van der Waals surface area (Å²) in [5.74, 6) is -1.80. The van der Waals surface area contributed by atoms with Gasteiger partial charge in [0.05, 0.1) is 12.2 Å². The molecule has 1 saturated heterocycles. The SMILES string of the molecule is Cc1ncc(C(C)(O)CNc2nccc(C(F)(F)F)n2)c(C2CCN(C(=O)Nc3c(F)cccc3F)CC2)n1. The minimum atomic E-state index is -4.64. The number of aliphatic hydroxyl groups is 1. The fourth-order valence-corrected chi connectivity index (χ4v) is 4.32. The lowest BCUT2D eigenvalue weighted by molar-refractivity contribution is -0.141. The van der Waals surface area contributed by atoms with Gasteiger partial charge in [-0.1, -0.05) is 6.07 Å². The van der Waals surface area contributed by atoms with Gasteiger partial charge >= 0.3 is 12.2 Å². The molecule has 2 aromatic heterocycles. The predicted molar refractivity (Wildman–Crippen MR) is 131 cm³/mol. The molecule has 3 N–H and O–H groups in total. The fraction of sp³-hybridized carbons (Fsp3) is 0.400. The highest BCUT2D eigenvalue weighted by molar-refractivity contribution is 5.89. The molecule has 0 radical (unpaired) electrons. The van der Waals surface area contributed by atoms with Crippen molar-refractivity contribution >= 4 is 17.7 Å². The molecule has 0 spiro atoms. The first kappa shape index (κ1) is 28.1. The molecule has 39 heavy (non-hydrogen) atoms. The molecule has 2 amide bonds. The number of alkyl halides is 3. The number of hydrogen-bond acceptors (Lipinski definition) is 7. The number of aryl methyl sites for hydroxylation is 1. The molecule has 1 aliphatic heterocycles. The topological polar surface area (TPSA) is 116 Å². The Kier molecular flexibility index (Phi) is 7.95. The Morgan fingerprint density at radius 1 is 1.10 bits per heavy atom. The molecule has 3 heterocycles. The molecule has 1 aromatic carbocycles. The van der Waals surface area contributed by atoms with E-state index in [2.05, 4.69) is 30.6 Å². The third kappa shape index (κ3) is 6.56. The van der Waals surface area contributed by atoms with Crippen LogP contribution in [0.4, 0.5) is 38.4 Å². The Hall–Kier alpha value is -3.94. The van der Waals surface area contributed by atoms with Crippen LogP contribution in [0.1, 0.15) is 48.5 Å². The molecular weight excluding hydrogens is 525 g/mol. The minimum Gasteiger partial charge on any atom is -0.383 e. The third-order valence-corrected chi connectivity index (χ3v) is 6.42. The van der Waals surface area contributed by atoms with Crippen molar-refractivity contribution in [2.45, 2.75) is 44.4 Å². The van der Waals surface area contributed by atoms with Crippen molar-refractivity contribution in [3.8, 4) is 0 Å². The number of carbonyl (C=O) groups excluding carboxylic acids is 1. The largest absolute Gasteiger partial charge is 0.433 e. The van der Waals surface area contributed by atoms with E-state index in [4.69, 9.17) is 0 Å². The number of nitrogens with one attached hydrogen (secondary N) is 2. The Morgan fingerprint density at radius 2 is 1.77 bits per heavy atom. The first-order valence-corrected chi connectivity index (χ1v) is 12.1.